The number of nitrogens with zero attached hydrogens (tertiary/aromatic N) is 1. The Balaban J connectivity index is 1.36. The summed E-state index contributed by atoms with van der Waals surface area (Å²) in [5, 5.41) is 0. The van der Waals surface area contributed by atoms with E-state index in [-0.39, 0.29) is 28.9 Å². The Morgan fingerprint density at radius 1 is 1.07 bits per heavy atom. The number of Topliss-reactive ketones (excluding diaryl/α,β-unsaturated/α-hetero) is 1. The van der Waals surface area contributed by atoms with Crippen LogP contribution in [0.25, 0.3) is 0 Å². The van der Waals surface area contributed by atoms with Crippen LogP contribution in [-0.4, -0.2) is 42.9 Å². The van der Waals surface area contributed by atoms with Crippen molar-refractivity contribution in [2.24, 2.45) is 23.2 Å². The Kier molecular flexibility index (Phi) is 5.18. The zero-order chi connectivity index (χ0) is 20.8. The van der Waals surface area contributed by atoms with E-state index < -0.39 is 0 Å². The number of benzene rings is 1. The van der Waals surface area contributed by atoms with E-state index in [1.54, 1.807) is 6.07 Å². The van der Waals surface area contributed by atoms with Gasteiger partial charge in [-0.25, -0.2) is 0 Å². The summed E-state index contributed by atoms with van der Waals surface area (Å²) in [6.45, 7) is 10.9. The molecule has 5 nitrogen and oxygen atoms in total. The molecule has 1 aromatic rings. The molecule has 0 bridgehead atoms. The topological polar surface area (TPSA) is 55.8 Å². The van der Waals surface area contributed by atoms with Gasteiger partial charge in [-0.05, 0) is 56.2 Å². The first-order chi connectivity index (χ1) is 13.8. The van der Waals surface area contributed by atoms with Gasteiger partial charge in [-0.1, -0.05) is 25.5 Å². The van der Waals surface area contributed by atoms with Gasteiger partial charge in [0.05, 0.1) is 5.92 Å². The van der Waals surface area contributed by atoms with E-state index in [0.29, 0.717) is 49.3 Å². The van der Waals surface area contributed by atoms with Crippen molar-refractivity contribution < 1.29 is 19.1 Å². The Bertz CT molecular complexity index is 844. The number of hydrogen-bond donors (Lipinski definition) is 0. The Hall–Kier alpha value is -2.30. The van der Waals surface area contributed by atoms with E-state index in [4.69, 9.17) is 9.47 Å². The van der Waals surface area contributed by atoms with Crippen LogP contribution < -0.4 is 9.47 Å². The number of allylic oxidation sites excluding steroid dienone is 2. The minimum Gasteiger partial charge on any atom is -0.486 e. The lowest BCUT2D eigenvalue weighted by molar-refractivity contribution is -0.134. The van der Waals surface area contributed by atoms with Crippen LogP contribution in [0.2, 0.25) is 0 Å². The minimum atomic E-state index is -0.0394. The summed E-state index contributed by atoms with van der Waals surface area (Å²) in [6.07, 6.45) is 3.68. The fraction of sp³-hybridized carbons (Fsp3) is 0.583. The number of ketones is 1. The number of amides is 1. The second kappa shape index (κ2) is 7.51. The highest BCUT2D eigenvalue weighted by Gasteiger charge is 2.61. The molecule has 3 aliphatic rings. The maximum Gasteiger partial charge on any atom is 0.226 e. The fourth-order valence-corrected chi connectivity index (χ4v) is 4.81. The van der Waals surface area contributed by atoms with E-state index in [1.807, 2.05) is 17.0 Å². The van der Waals surface area contributed by atoms with Crippen LogP contribution in [0.15, 0.2) is 29.8 Å². The third-order valence-corrected chi connectivity index (χ3v) is 6.69. The summed E-state index contributed by atoms with van der Waals surface area (Å²) in [5.41, 5.74) is 1.97. The summed E-state index contributed by atoms with van der Waals surface area (Å²) in [6, 6.07) is 5.44. The van der Waals surface area contributed by atoms with Gasteiger partial charge < -0.3 is 14.4 Å². The fourth-order valence-electron chi connectivity index (χ4n) is 4.81. The molecule has 2 atom stereocenters. The average molecular weight is 398 g/mol. The van der Waals surface area contributed by atoms with E-state index in [0.717, 1.165) is 12.8 Å². The van der Waals surface area contributed by atoms with E-state index >= 15 is 0 Å². The van der Waals surface area contributed by atoms with Crippen LogP contribution in [0.4, 0.5) is 0 Å². The van der Waals surface area contributed by atoms with E-state index in [2.05, 4.69) is 33.8 Å². The first-order valence-corrected chi connectivity index (χ1v) is 10.7. The minimum absolute atomic E-state index is 0.0340. The normalized spacial score (nSPS) is 25.3. The van der Waals surface area contributed by atoms with Crippen molar-refractivity contribution in [2.75, 3.05) is 26.3 Å². The highest BCUT2D eigenvalue weighted by Crippen LogP contribution is 2.60. The monoisotopic (exact) mass is 397 g/mol. The number of fused-ring (bicyclic) bond motifs is 1. The van der Waals surface area contributed by atoms with Gasteiger partial charge in [-0.3, -0.25) is 9.59 Å². The lowest BCUT2D eigenvalue weighted by Gasteiger charge is -2.32. The van der Waals surface area contributed by atoms with Crippen LogP contribution in [-0.2, 0) is 4.79 Å². The number of hydrogen-bond acceptors (Lipinski definition) is 4. The highest BCUT2D eigenvalue weighted by molar-refractivity contribution is 5.98. The Morgan fingerprint density at radius 2 is 1.72 bits per heavy atom. The van der Waals surface area contributed by atoms with Crippen molar-refractivity contribution in [3.8, 4) is 11.5 Å². The number of carbonyl (C=O) groups excluding carboxylic acids is 2. The molecule has 2 unspecified atom stereocenters. The highest BCUT2D eigenvalue weighted by atomic mass is 16.6. The number of likely N-dealkylation sites (tertiary alicyclic amines) is 1. The van der Waals surface area contributed by atoms with Crippen LogP contribution in [0.1, 0.15) is 50.9 Å². The van der Waals surface area contributed by atoms with Gasteiger partial charge in [0.1, 0.15) is 13.2 Å². The van der Waals surface area contributed by atoms with E-state index in [9.17, 15) is 9.59 Å². The molecule has 4 rings (SSSR count). The first kappa shape index (κ1) is 20.0. The van der Waals surface area contributed by atoms with E-state index in [1.165, 1.54) is 5.57 Å². The van der Waals surface area contributed by atoms with Crippen molar-refractivity contribution in [3.63, 3.8) is 0 Å². The lowest BCUT2D eigenvalue weighted by Crippen LogP contribution is -2.41. The summed E-state index contributed by atoms with van der Waals surface area (Å²) in [5.74, 6) is 2.11. The van der Waals surface area contributed by atoms with Gasteiger partial charge in [0, 0.05) is 24.6 Å². The van der Waals surface area contributed by atoms with Crippen molar-refractivity contribution in [1.82, 2.24) is 4.90 Å². The molecule has 0 N–H and O–H groups in total. The number of rotatable bonds is 4. The van der Waals surface area contributed by atoms with Gasteiger partial charge in [0.25, 0.3) is 0 Å². The SMILES string of the molecule is CC(C)=CC1C(C(=O)N2CCC(C(=O)c3ccc4c(c3)OCCO4)CC2)C1(C)C. The molecule has 1 aliphatic carbocycles. The molecular formula is C24H31NO4. The number of carbonyl (C=O) groups is 2. The standard InChI is InChI=1S/C24H31NO4/c1-15(2)13-18-21(24(18,3)4)23(27)25-9-7-16(8-10-25)22(26)17-5-6-19-20(14-17)29-12-11-28-19/h5-6,13-14,16,18,21H,7-12H2,1-4H3. The van der Waals surface area contributed by atoms with Crippen molar-refractivity contribution in [1.29, 1.82) is 0 Å². The maximum absolute atomic E-state index is 13.1. The zero-order valence-corrected chi connectivity index (χ0v) is 17.9. The van der Waals surface area contributed by atoms with Crippen LogP contribution >= 0.6 is 0 Å². The van der Waals surface area contributed by atoms with Crippen molar-refractivity contribution >= 4 is 11.7 Å². The van der Waals surface area contributed by atoms with Crippen LogP contribution in [0.5, 0.6) is 11.5 Å². The van der Waals surface area contributed by atoms with Gasteiger partial charge in [-0.2, -0.15) is 0 Å². The Morgan fingerprint density at radius 3 is 2.38 bits per heavy atom. The summed E-state index contributed by atoms with van der Waals surface area (Å²) >= 11 is 0. The maximum atomic E-state index is 13.1. The smallest absolute Gasteiger partial charge is 0.226 e. The Labute approximate surface area is 173 Å². The third kappa shape index (κ3) is 3.79. The van der Waals surface area contributed by atoms with Gasteiger partial charge >= 0.3 is 0 Å². The number of ether oxygens (including phenoxy) is 2. The molecule has 2 heterocycles. The van der Waals surface area contributed by atoms with Crippen molar-refractivity contribution in [3.05, 3.63) is 35.4 Å². The molecule has 0 aromatic heterocycles. The quantitative estimate of drug-likeness (QED) is 0.567. The molecule has 29 heavy (non-hydrogen) atoms. The summed E-state index contributed by atoms with van der Waals surface area (Å²) < 4.78 is 11.1. The molecule has 1 saturated carbocycles. The molecule has 156 valence electrons. The molecule has 2 aliphatic heterocycles. The predicted octanol–water partition coefficient (Wildman–Crippen LogP) is 4.12. The molecular weight excluding hydrogens is 366 g/mol. The molecule has 1 saturated heterocycles. The first-order valence-electron chi connectivity index (χ1n) is 10.7. The van der Waals surface area contributed by atoms with Gasteiger partial charge in [-0.15, -0.1) is 0 Å². The molecule has 5 heteroatoms. The van der Waals surface area contributed by atoms with Crippen molar-refractivity contribution in [2.45, 2.75) is 40.5 Å². The summed E-state index contributed by atoms with van der Waals surface area (Å²) in [7, 11) is 0. The third-order valence-electron chi connectivity index (χ3n) is 6.69. The second-order valence-corrected chi connectivity index (χ2v) is 9.39. The molecule has 1 amide bonds. The zero-order valence-electron chi connectivity index (χ0n) is 17.9. The molecule has 2 fully saturated rings. The number of piperidine rings is 1. The molecule has 0 radical (unpaired) electrons. The average Bonchev–Trinajstić information content (AvgIpc) is 3.25. The predicted molar refractivity (Wildman–Crippen MR) is 111 cm³/mol. The lowest BCUT2D eigenvalue weighted by atomic mass is 9.88. The van der Waals surface area contributed by atoms with Gasteiger partial charge in [0.15, 0.2) is 17.3 Å². The van der Waals surface area contributed by atoms with Crippen LogP contribution in [0.3, 0.4) is 0 Å². The largest absolute Gasteiger partial charge is 0.486 e. The van der Waals surface area contributed by atoms with Crippen LogP contribution in [0, 0.1) is 23.2 Å². The van der Waals surface area contributed by atoms with Gasteiger partial charge in [0.2, 0.25) is 5.91 Å². The molecule has 1 aromatic carbocycles. The second-order valence-electron chi connectivity index (χ2n) is 9.39. The summed E-state index contributed by atoms with van der Waals surface area (Å²) in [4.78, 5) is 28.0. The molecule has 0 spiro atoms.